The molecule has 110 valence electrons. The van der Waals surface area contributed by atoms with E-state index in [0.717, 1.165) is 18.5 Å². The molecule has 1 N–H and O–H groups in total. The third-order valence-corrected chi connectivity index (χ3v) is 4.66. The Kier molecular flexibility index (Phi) is 4.91. The van der Waals surface area contributed by atoms with Crippen molar-refractivity contribution in [3.05, 3.63) is 69.0 Å². The van der Waals surface area contributed by atoms with Crippen molar-refractivity contribution in [2.45, 2.75) is 31.2 Å². The van der Waals surface area contributed by atoms with Gasteiger partial charge in [-0.05, 0) is 77.2 Å². The SMILES string of the molecule is Fc1cccc(C(CNC2CC2)Cc2ccc(I)cc2)c1. The highest BCUT2D eigenvalue weighted by Crippen LogP contribution is 2.25. The van der Waals surface area contributed by atoms with Crippen LogP contribution in [0.5, 0.6) is 0 Å². The van der Waals surface area contributed by atoms with E-state index in [-0.39, 0.29) is 5.82 Å². The van der Waals surface area contributed by atoms with Crippen molar-refractivity contribution < 1.29 is 4.39 Å². The molecule has 1 atom stereocenters. The van der Waals surface area contributed by atoms with Crippen molar-refractivity contribution in [2.75, 3.05) is 6.54 Å². The van der Waals surface area contributed by atoms with Crippen molar-refractivity contribution in [3.8, 4) is 0 Å². The lowest BCUT2D eigenvalue weighted by Gasteiger charge is -2.18. The van der Waals surface area contributed by atoms with Crippen LogP contribution in [0.2, 0.25) is 0 Å². The highest BCUT2D eigenvalue weighted by Gasteiger charge is 2.22. The van der Waals surface area contributed by atoms with Gasteiger partial charge in [0.25, 0.3) is 0 Å². The summed E-state index contributed by atoms with van der Waals surface area (Å²) in [4.78, 5) is 0. The summed E-state index contributed by atoms with van der Waals surface area (Å²) in [5, 5.41) is 3.58. The Morgan fingerprint density at radius 3 is 2.57 bits per heavy atom. The van der Waals surface area contributed by atoms with Crippen LogP contribution in [0.4, 0.5) is 4.39 Å². The molecule has 3 rings (SSSR count). The lowest BCUT2D eigenvalue weighted by molar-refractivity contribution is 0.569. The van der Waals surface area contributed by atoms with Crippen LogP contribution in [0.15, 0.2) is 48.5 Å². The Labute approximate surface area is 139 Å². The van der Waals surface area contributed by atoms with Crippen molar-refractivity contribution in [3.63, 3.8) is 0 Å². The summed E-state index contributed by atoms with van der Waals surface area (Å²) < 4.78 is 14.8. The number of halogens is 2. The van der Waals surface area contributed by atoms with E-state index < -0.39 is 0 Å². The summed E-state index contributed by atoms with van der Waals surface area (Å²) in [6, 6.07) is 16.3. The van der Waals surface area contributed by atoms with Gasteiger partial charge < -0.3 is 5.32 Å². The van der Waals surface area contributed by atoms with Crippen LogP contribution in [0, 0.1) is 9.39 Å². The fourth-order valence-electron chi connectivity index (χ4n) is 2.57. The molecule has 1 aliphatic carbocycles. The minimum atomic E-state index is -0.147. The lowest BCUT2D eigenvalue weighted by Crippen LogP contribution is -2.25. The normalized spacial score (nSPS) is 15.9. The second-order valence-corrected chi connectivity index (χ2v) is 7.01. The molecule has 1 nitrogen and oxygen atoms in total. The quantitative estimate of drug-likeness (QED) is 0.710. The maximum Gasteiger partial charge on any atom is 0.123 e. The first-order valence-electron chi connectivity index (χ1n) is 7.44. The Hall–Kier alpha value is -0.940. The molecule has 0 aliphatic heterocycles. The van der Waals surface area contributed by atoms with Crippen LogP contribution in [0.3, 0.4) is 0 Å². The van der Waals surface area contributed by atoms with E-state index in [1.807, 2.05) is 12.1 Å². The number of nitrogens with one attached hydrogen (secondary N) is 1. The van der Waals surface area contributed by atoms with Crippen molar-refractivity contribution >= 4 is 22.6 Å². The van der Waals surface area contributed by atoms with E-state index in [4.69, 9.17) is 0 Å². The van der Waals surface area contributed by atoms with Crippen LogP contribution in [0.25, 0.3) is 0 Å². The number of hydrogen-bond acceptors (Lipinski definition) is 1. The topological polar surface area (TPSA) is 12.0 Å². The van der Waals surface area contributed by atoms with Crippen molar-refractivity contribution in [1.82, 2.24) is 5.32 Å². The summed E-state index contributed by atoms with van der Waals surface area (Å²) in [5.41, 5.74) is 2.39. The van der Waals surface area contributed by atoms with Gasteiger partial charge in [-0.3, -0.25) is 0 Å². The maximum atomic E-state index is 13.5. The molecule has 2 aromatic rings. The largest absolute Gasteiger partial charge is 0.313 e. The van der Waals surface area contributed by atoms with Gasteiger partial charge in [0.1, 0.15) is 5.82 Å². The predicted molar refractivity (Wildman–Crippen MR) is 93.0 cm³/mol. The second-order valence-electron chi connectivity index (χ2n) is 5.77. The van der Waals surface area contributed by atoms with E-state index in [0.29, 0.717) is 12.0 Å². The number of rotatable bonds is 6. The number of benzene rings is 2. The zero-order chi connectivity index (χ0) is 14.7. The summed E-state index contributed by atoms with van der Waals surface area (Å²) in [6.07, 6.45) is 3.50. The molecular formula is C18H19FIN. The molecule has 3 heteroatoms. The molecule has 1 unspecified atom stereocenters. The first-order chi connectivity index (χ1) is 10.2. The van der Waals surface area contributed by atoms with Gasteiger partial charge in [-0.1, -0.05) is 24.3 Å². The molecule has 1 saturated carbocycles. The monoisotopic (exact) mass is 395 g/mol. The predicted octanol–water partition coefficient (Wildman–Crippen LogP) is 4.51. The Bertz CT molecular complexity index is 592. The average Bonchev–Trinajstić information content (AvgIpc) is 3.30. The van der Waals surface area contributed by atoms with Crippen molar-refractivity contribution in [2.24, 2.45) is 0 Å². The molecule has 21 heavy (non-hydrogen) atoms. The Morgan fingerprint density at radius 1 is 1.14 bits per heavy atom. The lowest BCUT2D eigenvalue weighted by atomic mass is 9.92. The summed E-state index contributed by atoms with van der Waals surface area (Å²) >= 11 is 2.32. The van der Waals surface area contributed by atoms with Gasteiger partial charge in [-0.2, -0.15) is 0 Å². The van der Waals surface area contributed by atoms with E-state index >= 15 is 0 Å². The summed E-state index contributed by atoms with van der Waals surface area (Å²) in [7, 11) is 0. The van der Waals surface area contributed by atoms with Gasteiger partial charge in [0.2, 0.25) is 0 Å². The maximum absolute atomic E-state index is 13.5. The summed E-state index contributed by atoms with van der Waals surface area (Å²) in [6.45, 7) is 0.917. The van der Waals surface area contributed by atoms with Crippen LogP contribution in [-0.4, -0.2) is 12.6 Å². The standard InChI is InChI=1S/C18H19FIN/c19-16-3-1-2-14(11-16)15(12-21-18-8-9-18)10-13-4-6-17(20)7-5-13/h1-7,11,15,18,21H,8-10,12H2. The van der Waals surface area contributed by atoms with Crippen LogP contribution in [0.1, 0.15) is 29.9 Å². The zero-order valence-electron chi connectivity index (χ0n) is 11.9. The molecule has 1 aliphatic rings. The average molecular weight is 395 g/mol. The van der Waals surface area contributed by atoms with Crippen molar-refractivity contribution in [1.29, 1.82) is 0 Å². The molecule has 0 amide bonds. The third-order valence-electron chi connectivity index (χ3n) is 3.95. The highest BCUT2D eigenvalue weighted by molar-refractivity contribution is 14.1. The van der Waals surface area contributed by atoms with Gasteiger partial charge >= 0.3 is 0 Å². The molecule has 0 bridgehead atoms. The fraction of sp³-hybridized carbons (Fsp3) is 0.333. The molecular weight excluding hydrogens is 376 g/mol. The van der Waals surface area contributed by atoms with Crippen LogP contribution < -0.4 is 5.32 Å². The first kappa shape index (κ1) is 15.0. The van der Waals surface area contributed by atoms with Crippen LogP contribution in [-0.2, 0) is 6.42 Å². The second kappa shape index (κ2) is 6.88. The minimum absolute atomic E-state index is 0.147. The van der Waals surface area contributed by atoms with E-state index in [1.165, 1.54) is 28.0 Å². The molecule has 0 heterocycles. The molecule has 0 spiro atoms. The van der Waals surface area contributed by atoms with Crippen LogP contribution >= 0.6 is 22.6 Å². The molecule has 0 saturated heterocycles. The Balaban J connectivity index is 1.75. The molecule has 0 radical (unpaired) electrons. The van der Waals surface area contributed by atoms with E-state index in [2.05, 4.69) is 52.2 Å². The number of hydrogen-bond donors (Lipinski definition) is 1. The molecule has 0 aromatic heterocycles. The highest BCUT2D eigenvalue weighted by atomic mass is 127. The fourth-order valence-corrected chi connectivity index (χ4v) is 2.93. The third kappa shape index (κ3) is 4.51. The van der Waals surface area contributed by atoms with Gasteiger partial charge in [0.05, 0.1) is 0 Å². The van der Waals surface area contributed by atoms with E-state index in [1.54, 1.807) is 6.07 Å². The molecule has 2 aromatic carbocycles. The Morgan fingerprint density at radius 2 is 1.90 bits per heavy atom. The molecule has 1 fully saturated rings. The van der Waals surface area contributed by atoms with E-state index in [9.17, 15) is 4.39 Å². The summed E-state index contributed by atoms with van der Waals surface area (Å²) in [5.74, 6) is 0.174. The smallest absolute Gasteiger partial charge is 0.123 e. The van der Waals surface area contributed by atoms with Gasteiger partial charge in [0, 0.05) is 22.1 Å². The van der Waals surface area contributed by atoms with Gasteiger partial charge in [-0.25, -0.2) is 4.39 Å². The van der Waals surface area contributed by atoms with Gasteiger partial charge in [-0.15, -0.1) is 0 Å². The minimum Gasteiger partial charge on any atom is -0.313 e. The van der Waals surface area contributed by atoms with Gasteiger partial charge in [0.15, 0.2) is 0 Å². The zero-order valence-corrected chi connectivity index (χ0v) is 14.0. The first-order valence-corrected chi connectivity index (χ1v) is 8.52.